The summed E-state index contributed by atoms with van der Waals surface area (Å²) in [7, 11) is 0. The molecule has 3 aromatic rings. The first-order valence-corrected chi connectivity index (χ1v) is 11.5. The van der Waals surface area contributed by atoms with Crippen LogP contribution in [0.5, 0.6) is 5.75 Å². The molecule has 1 aliphatic rings. The van der Waals surface area contributed by atoms with Crippen LogP contribution in [-0.2, 0) is 19.4 Å². The van der Waals surface area contributed by atoms with E-state index in [1.54, 1.807) is 11.3 Å². The van der Waals surface area contributed by atoms with Gasteiger partial charge in [-0.25, -0.2) is 0 Å². The Balaban J connectivity index is 1.37. The van der Waals surface area contributed by atoms with Crippen molar-refractivity contribution in [3.8, 4) is 5.75 Å². The Labute approximate surface area is 183 Å². The van der Waals surface area contributed by atoms with Crippen LogP contribution in [0, 0.1) is 11.3 Å². The highest BCUT2D eigenvalue weighted by atomic mass is 32.1. The van der Waals surface area contributed by atoms with Crippen molar-refractivity contribution >= 4 is 22.9 Å². The molecule has 0 fully saturated rings. The van der Waals surface area contributed by atoms with Crippen LogP contribution in [0.15, 0.2) is 60.0 Å². The molecule has 0 saturated heterocycles. The Hall–Kier alpha value is -2.59. The molecule has 1 amide bonds. The standard InChI is InChI=1S/C26H29NO2S/c1-26(2,3)19-9-14-22-23(17-30-24(22)15-19)25(28)27-20-10-12-21(13-11-20)29-16-18-7-5-4-6-8-18/h4-8,10-13,17,19H,9,14-16H2,1-3H3,(H,27,28). The first-order valence-electron chi connectivity index (χ1n) is 10.6. The van der Waals surface area contributed by atoms with Crippen molar-refractivity contribution in [2.75, 3.05) is 5.32 Å². The Kier molecular flexibility index (Phi) is 5.96. The van der Waals surface area contributed by atoms with E-state index in [0.29, 0.717) is 17.9 Å². The Bertz CT molecular complexity index is 1000. The molecule has 1 N–H and O–H groups in total. The maximum Gasteiger partial charge on any atom is 0.256 e. The molecule has 1 unspecified atom stereocenters. The number of amides is 1. The second-order valence-electron chi connectivity index (χ2n) is 9.11. The highest BCUT2D eigenvalue weighted by Crippen LogP contribution is 2.40. The van der Waals surface area contributed by atoms with Crippen molar-refractivity contribution in [3.63, 3.8) is 0 Å². The monoisotopic (exact) mass is 419 g/mol. The first-order chi connectivity index (χ1) is 14.4. The minimum absolute atomic E-state index is 0.0142. The number of anilines is 1. The van der Waals surface area contributed by atoms with E-state index in [1.165, 1.54) is 10.4 Å². The van der Waals surface area contributed by atoms with Crippen molar-refractivity contribution in [1.82, 2.24) is 0 Å². The average molecular weight is 420 g/mol. The van der Waals surface area contributed by atoms with Crippen LogP contribution in [-0.4, -0.2) is 5.91 Å². The summed E-state index contributed by atoms with van der Waals surface area (Å²) in [5.74, 6) is 1.46. The maximum atomic E-state index is 12.9. The number of benzene rings is 2. The quantitative estimate of drug-likeness (QED) is 0.498. The number of rotatable bonds is 5. The van der Waals surface area contributed by atoms with E-state index >= 15 is 0 Å². The second-order valence-corrected chi connectivity index (χ2v) is 10.1. The summed E-state index contributed by atoms with van der Waals surface area (Å²) in [6, 6.07) is 17.7. The first kappa shape index (κ1) is 20.7. The number of hydrogen-bond donors (Lipinski definition) is 1. The third-order valence-corrected chi connectivity index (χ3v) is 7.04. The molecule has 2 aromatic carbocycles. The molecule has 0 bridgehead atoms. The minimum atomic E-state index is -0.0142. The van der Waals surface area contributed by atoms with Crippen LogP contribution in [0.3, 0.4) is 0 Å². The van der Waals surface area contributed by atoms with Gasteiger partial charge < -0.3 is 10.1 Å². The molecule has 156 valence electrons. The number of carbonyl (C=O) groups excluding carboxylic acids is 1. The van der Waals surface area contributed by atoms with E-state index in [0.717, 1.165) is 41.8 Å². The van der Waals surface area contributed by atoms with E-state index in [9.17, 15) is 4.79 Å². The predicted molar refractivity (Wildman–Crippen MR) is 124 cm³/mol. The summed E-state index contributed by atoms with van der Waals surface area (Å²) in [5.41, 5.74) is 4.32. The van der Waals surface area contributed by atoms with E-state index < -0.39 is 0 Å². The third-order valence-electron chi connectivity index (χ3n) is 5.99. The lowest BCUT2D eigenvalue weighted by Crippen LogP contribution is -2.27. The van der Waals surface area contributed by atoms with Gasteiger partial charge in [0.15, 0.2) is 0 Å². The minimum Gasteiger partial charge on any atom is -0.489 e. The van der Waals surface area contributed by atoms with E-state index in [2.05, 4.69) is 26.1 Å². The number of nitrogens with one attached hydrogen (secondary N) is 1. The molecule has 4 rings (SSSR count). The molecule has 0 spiro atoms. The van der Waals surface area contributed by atoms with Crippen LogP contribution in [0.1, 0.15) is 53.6 Å². The largest absolute Gasteiger partial charge is 0.489 e. The van der Waals surface area contributed by atoms with Gasteiger partial charge in [0, 0.05) is 15.9 Å². The molecule has 1 atom stereocenters. The maximum absolute atomic E-state index is 12.9. The lowest BCUT2D eigenvalue weighted by atomic mass is 9.72. The van der Waals surface area contributed by atoms with Crippen LogP contribution < -0.4 is 10.1 Å². The SMILES string of the molecule is CC(C)(C)C1CCc2c(C(=O)Nc3ccc(OCc4ccccc4)cc3)csc2C1. The fourth-order valence-electron chi connectivity index (χ4n) is 4.02. The average Bonchev–Trinajstić information content (AvgIpc) is 3.17. The number of fused-ring (bicyclic) bond motifs is 1. The van der Waals surface area contributed by atoms with E-state index in [1.807, 2.05) is 60.0 Å². The topological polar surface area (TPSA) is 38.3 Å². The zero-order valence-corrected chi connectivity index (χ0v) is 18.7. The van der Waals surface area contributed by atoms with Crippen molar-refractivity contribution in [2.45, 2.75) is 46.6 Å². The third kappa shape index (κ3) is 4.76. The second kappa shape index (κ2) is 8.65. The normalized spacial score (nSPS) is 16.0. The number of carbonyl (C=O) groups is 1. The number of thiophene rings is 1. The summed E-state index contributed by atoms with van der Waals surface area (Å²) < 4.78 is 5.83. The highest BCUT2D eigenvalue weighted by molar-refractivity contribution is 7.10. The Morgan fingerprint density at radius 2 is 1.83 bits per heavy atom. The fraction of sp³-hybridized carbons (Fsp3) is 0.346. The molecule has 3 nitrogen and oxygen atoms in total. The Morgan fingerprint density at radius 3 is 2.53 bits per heavy atom. The summed E-state index contributed by atoms with van der Waals surface area (Å²) >= 11 is 1.74. The van der Waals surface area contributed by atoms with Gasteiger partial charge in [0.1, 0.15) is 12.4 Å². The van der Waals surface area contributed by atoms with E-state index in [-0.39, 0.29) is 5.91 Å². The van der Waals surface area contributed by atoms with Crippen LogP contribution in [0.4, 0.5) is 5.69 Å². The number of hydrogen-bond acceptors (Lipinski definition) is 3. The number of ether oxygens (including phenoxy) is 1. The van der Waals surface area contributed by atoms with Gasteiger partial charge >= 0.3 is 0 Å². The van der Waals surface area contributed by atoms with Gasteiger partial charge in [-0.3, -0.25) is 4.79 Å². The molecule has 0 aliphatic heterocycles. The van der Waals surface area contributed by atoms with E-state index in [4.69, 9.17) is 4.74 Å². The molecular weight excluding hydrogens is 390 g/mol. The zero-order chi connectivity index (χ0) is 21.1. The zero-order valence-electron chi connectivity index (χ0n) is 17.9. The van der Waals surface area contributed by atoms with Gasteiger partial charge in [-0.05, 0) is 66.0 Å². The molecule has 1 aromatic heterocycles. The van der Waals surface area contributed by atoms with Crippen molar-refractivity contribution < 1.29 is 9.53 Å². The van der Waals surface area contributed by atoms with Crippen molar-refractivity contribution in [3.05, 3.63) is 81.5 Å². The molecular formula is C26H29NO2S. The van der Waals surface area contributed by atoms with Gasteiger partial charge in [-0.2, -0.15) is 0 Å². The molecule has 30 heavy (non-hydrogen) atoms. The van der Waals surface area contributed by atoms with Crippen LogP contribution >= 0.6 is 11.3 Å². The van der Waals surface area contributed by atoms with Gasteiger partial charge in [0.2, 0.25) is 0 Å². The molecule has 0 radical (unpaired) electrons. The predicted octanol–water partition coefficient (Wildman–Crippen LogP) is 6.73. The van der Waals surface area contributed by atoms with Gasteiger partial charge in [0.05, 0.1) is 5.56 Å². The van der Waals surface area contributed by atoms with Crippen LogP contribution in [0.25, 0.3) is 0 Å². The van der Waals surface area contributed by atoms with Crippen molar-refractivity contribution in [1.29, 1.82) is 0 Å². The fourth-order valence-corrected chi connectivity index (χ4v) is 5.18. The lowest BCUT2D eigenvalue weighted by Gasteiger charge is -2.34. The smallest absolute Gasteiger partial charge is 0.256 e. The van der Waals surface area contributed by atoms with Crippen molar-refractivity contribution in [2.24, 2.45) is 11.3 Å². The highest BCUT2D eigenvalue weighted by Gasteiger charge is 2.31. The van der Waals surface area contributed by atoms with Gasteiger partial charge in [0.25, 0.3) is 5.91 Å². The van der Waals surface area contributed by atoms with Gasteiger partial charge in [-0.1, -0.05) is 51.1 Å². The molecule has 1 aliphatic carbocycles. The van der Waals surface area contributed by atoms with Gasteiger partial charge in [-0.15, -0.1) is 11.3 Å². The van der Waals surface area contributed by atoms with Crippen LogP contribution in [0.2, 0.25) is 0 Å². The summed E-state index contributed by atoms with van der Waals surface area (Å²) in [6.07, 6.45) is 3.24. The summed E-state index contributed by atoms with van der Waals surface area (Å²) in [5, 5.41) is 5.08. The summed E-state index contributed by atoms with van der Waals surface area (Å²) in [6.45, 7) is 7.48. The lowest BCUT2D eigenvalue weighted by molar-refractivity contribution is 0.102. The summed E-state index contributed by atoms with van der Waals surface area (Å²) in [4.78, 5) is 14.3. The Morgan fingerprint density at radius 1 is 1.10 bits per heavy atom. The molecule has 1 heterocycles. The molecule has 0 saturated carbocycles. The molecule has 4 heteroatoms.